The zero-order chi connectivity index (χ0) is 31.9. The summed E-state index contributed by atoms with van der Waals surface area (Å²) in [7, 11) is 3.02. The molecule has 0 atom stereocenters. The lowest BCUT2D eigenvalue weighted by Crippen LogP contribution is -2.29. The van der Waals surface area contributed by atoms with E-state index in [1.165, 1.54) is 24.1 Å². The van der Waals surface area contributed by atoms with Crippen LogP contribution in [0.4, 0.5) is 41.9 Å². The number of benzene rings is 4. The second-order valence-corrected chi connectivity index (χ2v) is 8.86. The molecule has 4 aromatic carbocycles. The number of hydrogen-bond acceptors (Lipinski definition) is 7. The van der Waals surface area contributed by atoms with Crippen molar-refractivity contribution in [2.24, 2.45) is 0 Å². The molecule has 0 aliphatic heterocycles. The van der Waals surface area contributed by atoms with Crippen LogP contribution in [0.15, 0.2) is 109 Å². The predicted octanol–water partition coefficient (Wildman–Crippen LogP) is 7.30. The first-order valence-corrected chi connectivity index (χ1v) is 13.3. The van der Waals surface area contributed by atoms with Gasteiger partial charge in [-0.25, -0.2) is 19.2 Å². The summed E-state index contributed by atoms with van der Waals surface area (Å²) in [5.41, 5.74) is 2.23. The molecule has 0 aromatic heterocycles. The Bertz CT molecular complexity index is 1550. The lowest BCUT2D eigenvalue weighted by molar-refractivity contribution is 0.168. The second-order valence-electron chi connectivity index (χ2n) is 8.86. The summed E-state index contributed by atoms with van der Waals surface area (Å²) in [6.07, 6.45) is -2.82. The van der Waals surface area contributed by atoms with Crippen LogP contribution < -0.4 is 29.9 Å². The van der Waals surface area contributed by atoms with Gasteiger partial charge in [0.2, 0.25) is 0 Å². The molecule has 0 bridgehead atoms. The summed E-state index contributed by atoms with van der Waals surface area (Å²) in [5, 5.41) is 14.1. The third-order valence-corrected chi connectivity index (χ3v) is 5.70. The highest BCUT2D eigenvalue weighted by molar-refractivity contribution is 5.90. The number of para-hydroxylation sites is 2. The van der Waals surface area contributed by atoms with Crippen LogP contribution in [0.25, 0.3) is 0 Å². The summed E-state index contributed by atoms with van der Waals surface area (Å²) in [4.78, 5) is 48.6. The molecule has 0 spiro atoms. The van der Waals surface area contributed by atoms with E-state index in [-0.39, 0.29) is 12.4 Å². The third kappa shape index (κ3) is 10.4. The molecular formula is C32H32N4O8. The number of carbonyl (C=O) groups is 4. The van der Waals surface area contributed by atoms with Crippen LogP contribution in [0, 0.1) is 0 Å². The van der Waals surface area contributed by atoms with Crippen molar-refractivity contribution in [2.75, 3.05) is 41.1 Å². The molecule has 12 heteroatoms. The Balaban J connectivity index is 0.000000240. The van der Waals surface area contributed by atoms with Crippen molar-refractivity contribution in [3.8, 4) is 11.5 Å². The van der Waals surface area contributed by atoms with Crippen molar-refractivity contribution < 1.29 is 38.5 Å². The summed E-state index contributed by atoms with van der Waals surface area (Å²) >= 11 is 0. The Morgan fingerprint density at radius 3 is 1.82 bits per heavy atom. The smallest absolute Gasteiger partial charge is 0.419 e. The minimum absolute atomic E-state index is 0.276. The van der Waals surface area contributed by atoms with E-state index in [0.29, 0.717) is 28.5 Å². The number of carboxylic acid groups (broad SMARTS) is 1. The fourth-order valence-corrected chi connectivity index (χ4v) is 3.49. The second kappa shape index (κ2) is 16.4. The van der Waals surface area contributed by atoms with Crippen molar-refractivity contribution in [1.29, 1.82) is 0 Å². The number of nitrogens with zero attached hydrogens (tertiary/aromatic N) is 2. The van der Waals surface area contributed by atoms with E-state index in [0.717, 1.165) is 4.90 Å². The zero-order valence-corrected chi connectivity index (χ0v) is 24.3. The lowest BCUT2D eigenvalue weighted by atomic mass is 10.3. The van der Waals surface area contributed by atoms with E-state index >= 15 is 0 Å². The van der Waals surface area contributed by atoms with Crippen molar-refractivity contribution >= 4 is 47.1 Å². The van der Waals surface area contributed by atoms with E-state index in [2.05, 4.69) is 10.6 Å². The molecule has 4 rings (SSSR count). The van der Waals surface area contributed by atoms with E-state index < -0.39 is 24.4 Å². The minimum atomic E-state index is -1.09. The molecule has 0 saturated carbocycles. The van der Waals surface area contributed by atoms with Crippen molar-refractivity contribution in [3.05, 3.63) is 109 Å². The highest BCUT2D eigenvalue weighted by Crippen LogP contribution is 2.22. The Morgan fingerprint density at radius 1 is 0.636 bits per heavy atom. The maximum atomic E-state index is 12.1. The monoisotopic (exact) mass is 600 g/mol. The van der Waals surface area contributed by atoms with E-state index in [1.807, 2.05) is 24.3 Å². The van der Waals surface area contributed by atoms with Gasteiger partial charge in [-0.3, -0.25) is 20.4 Å². The average Bonchev–Trinajstić information content (AvgIpc) is 3.02. The molecular weight excluding hydrogens is 568 g/mol. The first kappa shape index (κ1) is 32.5. The number of hydrogen-bond donors (Lipinski definition) is 3. The Morgan fingerprint density at radius 2 is 1.18 bits per heavy atom. The number of amides is 4. The topological polar surface area (TPSA) is 147 Å². The molecule has 0 radical (unpaired) electrons. The molecule has 3 N–H and O–H groups in total. The minimum Gasteiger partial charge on any atom is -0.465 e. The van der Waals surface area contributed by atoms with Crippen molar-refractivity contribution in [1.82, 2.24) is 0 Å². The number of rotatable bonds is 7. The van der Waals surface area contributed by atoms with E-state index in [4.69, 9.17) is 19.3 Å². The van der Waals surface area contributed by atoms with Crippen molar-refractivity contribution in [2.45, 2.75) is 6.92 Å². The number of anilines is 4. The first-order chi connectivity index (χ1) is 21.2. The molecule has 0 aliphatic carbocycles. The maximum Gasteiger partial charge on any atom is 0.419 e. The van der Waals surface area contributed by atoms with E-state index in [1.54, 1.807) is 86.8 Å². The quantitative estimate of drug-likeness (QED) is 0.200. The summed E-state index contributed by atoms with van der Waals surface area (Å²) < 4.78 is 15.2. The molecule has 4 amide bonds. The van der Waals surface area contributed by atoms with Crippen LogP contribution in [0.5, 0.6) is 11.5 Å². The largest absolute Gasteiger partial charge is 0.465 e. The molecule has 44 heavy (non-hydrogen) atoms. The maximum absolute atomic E-state index is 12.1. The Hall–Kier alpha value is -6.04. The van der Waals surface area contributed by atoms with Gasteiger partial charge in [0.1, 0.15) is 11.5 Å². The fraction of sp³-hybridized carbons (Fsp3) is 0.125. The number of nitrogens with one attached hydrogen (secondary N) is 2. The van der Waals surface area contributed by atoms with Gasteiger partial charge < -0.3 is 19.3 Å². The van der Waals surface area contributed by atoms with Gasteiger partial charge in [-0.1, -0.05) is 48.5 Å². The molecule has 0 aliphatic rings. The Kier molecular flexibility index (Phi) is 12.1. The van der Waals surface area contributed by atoms with Gasteiger partial charge in [-0.2, -0.15) is 0 Å². The first-order valence-electron chi connectivity index (χ1n) is 13.3. The van der Waals surface area contributed by atoms with Gasteiger partial charge in [0, 0.05) is 43.3 Å². The highest BCUT2D eigenvalue weighted by atomic mass is 16.6. The summed E-state index contributed by atoms with van der Waals surface area (Å²) in [6, 6.07) is 30.8. The van der Waals surface area contributed by atoms with Gasteiger partial charge in [0.05, 0.1) is 12.3 Å². The van der Waals surface area contributed by atoms with Crippen molar-refractivity contribution in [3.63, 3.8) is 0 Å². The van der Waals surface area contributed by atoms with Crippen LogP contribution in [-0.4, -0.2) is 50.2 Å². The summed E-state index contributed by atoms with van der Waals surface area (Å²) in [5.74, 6) is 0.584. The normalized spacial score (nSPS) is 9.80. The van der Waals surface area contributed by atoms with E-state index in [9.17, 15) is 19.2 Å². The van der Waals surface area contributed by atoms with Crippen LogP contribution in [-0.2, 0) is 4.74 Å². The lowest BCUT2D eigenvalue weighted by Gasteiger charge is -2.18. The Labute approximate surface area is 254 Å². The average molecular weight is 601 g/mol. The van der Waals surface area contributed by atoms with Gasteiger partial charge in [0.15, 0.2) is 0 Å². The van der Waals surface area contributed by atoms with Crippen LogP contribution in [0.2, 0.25) is 0 Å². The zero-order valence-electron chi connectivity index (χ0n) is 24.3. The molecule has 4 aromatic rings. The number of ether oxygens (including phenoxy) is 3. The molecule has 228 valence electrons. The van der Waals surface area contributed by atoms with Gasteiger partial charge >= 0.3 is 24.4 Å². The standard InChI is InChI=1S/2C16H16N2O4/c1-17(15(19)20)13-9-6-10-14(11-13)22-16(21)18(2)12-7-4-3-5-8-12;1-2-21-15(19)18-13-9-6-10-14(11-13)22-16(20)17-12-7-4-3-5-8-12/h3-11H,1-2H3,(H,19,20);3-11H,2H2,1H3,(H,17,20)(H,18,19). The fourth-order valence-electron chi connectivity index (χ4n) is 3.49. The SMILES string of the molecule is CCOC(=O)Nc1cccc(OC(=O)Nc2ccccc2)c1.CN(C(=O)O)c1cccc(OC(=O)N(C)c2ccccc2)c1. The molecule has 0 heterocycles. The molecule has 0 fully saturated rings. The molecule has 12 nitrogen and oxygen atoms in total. The summed E-state index contributed by atoms with van der Waals surface area (Å²) in [6.45, 7) is 1.99. The van der Waals surface area contributed by atoms with Gasteiger partial charge in [0.25, 0.3) is 0 Å². The number of carbonyl (C=O) groups excluding carboxylic acids is 3. The predicted molar refractivity (Wildman–Crippen MR) is 167 cm³/mol. The van der Waals surface area contributed by atoms with Gasteiger partial charge in [-0.15, -0.1) is 0 Å². The van der Waals surface area contributed by atoms with Crippen LogP contribution in [0.3, 0.4) is 0 Å². The molecule has 0 saturated heterocycles. The molecule has 0 unspecified atom stereocenters. The van der Waals surface area contributed by atoms with Crippen LogP contribution >= 0.6 is 0 Å². The van der Waals surface area contributed by atoms with Crippen LogP contribution in [0.1, 0.15) is 6.92 Å². The highest BCUT2D eigenvalue weighted by Gasteiger charge is 2.15. The van der Waals surface area contributed by atoms with Gasteiger partial charge in [-0.05, 0) is 55.5 Å². The third-order valence-electron chi connectivity index (χ3n) is 5.70.